The highest BCUT2D eigenvalue weighted by atomic mass is 16.3. The number of phenolic OH excluding ortho intramolecular Hbond substituents is 1. The Hall–Kier alpha value is -0.955. The first kappa shape index (κ1) is 8.14. The zero-order valence-corrected chi connectivity index (χ0v) is 6.49. The minimum atomic E-state index is -0.320. The van der Waals surface area contributed by atoms with Crippen LogP contribution < -0.4 is 0 Å². The van der Waals surface area contributed by atoms with Gasteiger partial charge in [-0.15, -0.1) is 0 Å². The van der Waals surface area contributed by atoms with Crippen molar-refractivity contribution in [3.05, 3.63) is 29.8 Å². The van der Waals surface area contributed by atoms with Crippen molar-refractivity contribution in [1.29, 1.82) is 0 Å². The predicted molar refractivity (Wildman–Crippen MR) is 45.6 cm³/mol. The Balaban J connectivity index is 2.66. The molecular formula is C8H11BO2. The van der Waals surface area contributed by atoms with Crippen molar-refractivity contribution in [2.45, 2.75) is 13.1 Å². The third-order valence-electron chi connectivity index (χ3n) is 1.47. The Morgan fingerprint density at radius 3 is 2.27 bits per heavy atom. The van der Waals surface area contributed by atoms with Crippen LogP contribution in [0.5, 0.6) is 5.75 Å². The quantitative estimate of drug-likeness (QED) is 0.619. The molecule has 3 heteroatoms. The molecule has 0 aliphatic rings. The Kier molecular flexibility index (Phi) is 2.55. The summed E-state index contributed by atoms with van der Waals surface area (Å²) in [7, 11) is 0. The molecule has 1 rings (SSSR count). The highest BCUT2D eigenvalue weighted by Crippen LogP contribution is 2.10. The second-order valence-electron chi connectivity index (χ2n) is 2.72. The van der Waals surface area contributed by atoms with Gasteiger partial charge in [-0.05, 0) is 18.5 Å². The molecule has 0 bridgehead atoms. The van der Waals surface area contributed by atoms with Gasteiger partial charge in [0, 0.05) is 0 Å². The lowest BCUT2D eigenvalue weighted by Crippen LogP contribution is -2.09. The number of phenols is 1. The molecule has 0 atom stereocenters. The summed E-state index contributed by atoms with van der Waals surface area (Å²) in [4.78, 5) is 0. The van der Waals surface area contributed by atoms with Crippen LogP contribution in [0.3, 0.4) is 0 Å². The van der Waals surface area contributed by atoms with Gasteiger partial charge in [0.25, 0.3) is 6.92 Å². The molecule has 0 saturated carbocycles. The fourth-order valence-electron chi connectivity index (χ4n) is 0.973. The minimum absolute atomic E-state index is 0.263. The van der Waals surface area contributed by atoms with E-state index in [-0.39, 0.29) is 12.7 Å². The standard InChI is InChI=1S/C8H11BO2/c1-9(11)6-7-2-4-8(10)5-3-7/h2-5,10-11H,6H2,1H3. The van der Waals surface area contributed by atoms with Gasteiger partial charge in [0.2, 0.25) is 0 Å². The van der Waals surface area contributed by atoms with Crippen LogP contribution in [0, 0.1) is 0 Å². The van der Waals surface area contributed by atoms with E-state index in [2.05, 4.69) is 0 Å². The molecule has 0 radical (unpaired) electrons. The van der Waals surface area contributed by atoms with Gasteiger partial charge in [0.15, 0.2) is 0 Å². The van der Waals surface area contributed by atoms with E-state index < -0.39 is 0 Å². The summed E-state index contributed by atoms with van der Waals surface area (Å²) in [6.45, 7) is 1.42. The molecule has 0 amide bonds. The molecule has 0 fully saturated rings. The van der Waals surface area contributed by atoms with Gasteiger partial charge in [-0.3, -0.25) is 0 Å². The number of benzene rings is 1. The Labute approximate surface area is 66.6 Å². The molecule has 0 saturated heterocycles. The molecule has 1 aromatic carbocycles. The van der Waals surface area contributed by atoms with Crippen molar-refractivity contribution in [3.8, 4) is 5.75 Å². The lowest BCUT2D eigenvalue weighted by molar-refractivity contribution is 0.475. The molecular weight excluding hydrogens is 139 g/mol. The number of hydrogen-bond donors (Lipinski definition) is 2. The highest BCUT2D eigenvalue weighted by Gasteiger charge is 2.02. The number of hydrogen-bond acceptors (Lipinski definition) is 2. The van der Waals surface area contributed by atoms with Gasteiger partial charge in [-0.1, -0.05) is 24.5 Å². The molecule has 0 aliphatic carbocycles. The van der Waals surface area contributed by atoms with Crippen LogP contribution in [0.2, 0.25) is 6.82 Å². The van der Waals surface area contributed by atoms with Crippen LogP contribution >= 0.6 is 0 Å². The summed E-state index contributed by atoms with van der Waals surface area (Å²) in [5, 5.41) is 17.9. The molecule has 0 unspecified atom stereocenters. The summed E-state index contributed by atoms with van der Waals surface area (Å²) >= 11 is 0. The van der Waals surface area contributed by atoms with E-state index in [1.54, 1.807) is 19.0 Å². The SMILES string of the molecule is CB(O)Cc1ccc(O)cc1. The van der Waals surface area contributed by atoms with E-state index in [1.165, 1.54) is 0 Å². The third kappa shape index (κ3) is 2.64. The maximum atomic E-state index is 9.01. The van der Waals surface area contributed by atoms with E-state index >= 15 is 0 Å². The second kappa shape index (κ2) is 3.44. The van der Waals surface area contributed by atoms with Gasteiger partial charge >= 0.3 is 0 Å². The van der Waals surface area contributed by atoms with E-state index in [1.807, 2.05) is 12.1 Å². The fourth-order valence-corrected chi connectivity index (χ4v) is 0.973. The summed E-state index contributed by atoms with van der Waals surface area (Å²) in [5.41, 5.74) is 1.04. The van der Waals surface area contributed by atoms with Crippen LogP contribution in [-0.4, -0.2) is 17.0 Å². The predicted octanol–water partition coefficient (Wildman–Crippen LogP) is 1.09. The third-order valence-corrected chi connectivity index (χ3v) is 1.47. The lowest BCUT2D eigenvalue weighted by Gasteiger charge is -2.00. The normalized spacial score (nSPS) is 9.64. The second-order valence-corrected chi connectivity index (χ2v) is 2.72. The van der Waals surface area contributed by atoms with Crippen molar-refractivity contribution in [2.24, 2.45) is 0 Å². The summed E-state index contributed by atoms with van der Waals surface area (Å²) in [6, 6.07) is 6.86. The van der Waals surface area contributed by atoms with Gasteiger partial charge < -0.3 is 10.1 Å². The Morgan fingerprint density at radius 1 is 1.27 bits per heavy atom. The van der Waals surface area contributed by atoms with Crippen molar-refractivity contribution in [1.82, 2.24) is 0 Å². The first-order valence-corrected chi connectivity index (χ1v) is 3.64. The van der Waals surface area contributed by atoms with E-state index in [4.69, 9.17) is 10.1 Å². The van der Waals surface area contributed by atoms with Gasteiger partial charge in [-0.2, -0.15) is 0 Å². The number of aromatic hydroxyl groups is 1. The van der Waals surface area contributed by atoms with Crippen molar-refractivity contribution in [2.75, 3.05) is 0 Å². The monoisotopic (exact) mass is 150 g/mol. The fraction of sp³-hybridized carbons (Fsp3) is 0.250. The van der Waals surface area contributed by atoms with Gasteiger partial charge in [0.1, 0.15) is 5.75 Å². The number of rotatable bonds is 2. The molecule has 0 aliphatic heterocycles. The largest absolute Gasteiger partial charge is 0.508 e. The van der Waals surface area contributed by atoms with E-state index in [0.717, 1.165) is 5.56 Å². The molecule has 2 nitrogen and oxygen atoms in total. The smallest absolute Gasteiger partial charge is 0.290 e. The molecule has 0 aromatic heterocycles. The van der Waals surface area contributed by atoms with Crippen LogP contribution in [0.4, 0.5) is 0 Å². The molecule has 58 valence electrons. The van der Waals surface area contributed by atoms with Crippen LogP contribution in [0.1, 0.15) is 5.56 Å². The van der Waals surface area contributed by atoms with Crippen molar-refractivity contribution < 1.29 is 10.1 Å². The zero-order chi connectivity index (χ0) is 8.27. The first-order chi connectivity index (χ1) is 5.18. The average molecular weight is 150 g/mol. The highest BCUT2D eigenvalue weighted by molar-refractivity contribution is 6.48. The summed E-state index contributed by atoms with van der Waals surface area (Å²) in [5.74, 6) is 0.263. The van der Waals surface area contributed by atoms with E-state index in [0.29, 0.717) is 6.32 Å². The summed E-state index contributed by atoms with van der Waals surface area (Å²) in [6.07, 6.45) is 0.639. The zero-order valence-electron chi connectivity index (χ0n) is 6.49. The van der Waals surface area contributed by atoms with Crippen LogP contribution in [-0.2, 0) is 6.32 Å². The molecule has 0 heterocycles. The molecule has 0 spiro atoms. The first-order valence-electron chi connectivity index (χ1n) is 3.64. The van der Waals surface area contributed by atoms with Crippen molar-refractivity contribution >= 4 is 6.92 Å². The van der Waals surface area contributed by atoms with E-state index in [9.17, 15) is 0 Å². The van der Waals surface area contributed by atoms with Crippen LogP contribution in [0.25, 0.3) is 0 Å². The Morgan fingerprint density at radius 2 is 1.82 bits per heavy atom. The van der Waals surface area contributed by atoms with Crippen molar-refractivity contribution in [3.63, 3.8) is 0 Å². The minimum Gasteiger partial charge on any atom is -0.508 e. The maximum Gasteiger partial charge on any atom is 0.290 e. The molecule has 1 aromatic rings. The molecule has 11 heavy (non-hydrogen) atoms. The van der Waals surface area contributed by atoms with Gasteiger partial charge in [-0.25, -0.2) is 0 Å². The maximum absolute atomic E-state index is 9.01. The van der Waals surface area contributed by atoms with Gasteiger partial charge in [0.05, 0.1) is 0 Å². The van der Waals surface area contributed by atoms with Crippen LogP contribution in [0.15, 0.2) is 24.3 Å². The lowest BCUT2D eigenvalue weighted by atomic mass is 9.66. The Bertz CT molecular complexity index is 218. The average Bonchev–Trinajstić information content (AvgIpc) is 1.93. The summed E-state index contributed by atoms with van der Waals surface area (Å²) < 4.78 is 0. The molecule has 2 N–H and O–H groups in total. The topological polar surface area (TPSA) is 40.5 Å².